The summed E-state index contributed by atoms with van der Waals surface area (Å²) in [6, 6.07) is 18.6. The van der Waals surface area contributed by atoms with E-state index in [1.165, 1.54) is 6.07 Å². The summed E-state index contributed by atoms with van der Waals surface area (Å²) >= 11 is 2.30. The second kappa shape index (κ2) is 5.16. The average molecular weight is 404 g/mol. The van der Waals surface area contributed by atoms with Gasteiger partial charge < -0.3 is 0 Å². The van der Waals surface area contributed by atoms with Gasteiger partial charge in [0, 0.05) is 5.56 Å². The molecule has 0 fully saturated rings. The van der Waals surface area contributed by atoms with Gasteiger partial charge in [0.1, 0.15) is 0 Å². The smallest absolute Gasteiger partial charge is 0.166 e. The molecule has 0 amide bonds. The van der Waals surface area contributed by atoms with Crippen molar-refractivity contribution >= 4 is 22.6 Å². The molecule has 22 heavy (non-hydrogen) atoms. The highest BCUT2D eigenvalue weighted by Crippen LogP contribution is 2.49. The van der Waals surface area contributed by atoms with Gasteiger partial charge >= 0.3 is 0 Å². The predicted octanol–water partition coefficient (Wildman–Crippen LogP) is 6.14. The van der Waals surface area contributed by atoms with E-state index in [0.29, 0.717) is 5.56 Å². The van der Waals surface area contributed by atoms with E-state index in [2.05, 4.69) is 28.7 Å². The Hall–Kier alpha value is -1.75. The first kappa shape index (κ1) is 13.9. The molecule has 0 radical (unpaired) electrons. The SMILES string of the molecule is Fc1ccc2c(c1F)-c1ccccc1-c1ccccc1C2I. The van der Waals surface area contributed by atoms with Gasteiger partial charge in [-0.2, -0.15) is 0 Å². The van der Waals surface area contributed by atoms with E-state index < -0.39 is 11.6 Å². The second-order valence-corrected chi connectivity index (χ2v) is 6.57. The van der Waals surface area contributed by atoms with Crippen LogP contribution in [-0.4, -0.2) is 0 Å². The molecule has 1 aliphatic rings. The molecule has 0 aromatic heterocycles. The average Bonchev–Trinajstić information content (AvgIpc) is 2.66. The molecule has 0 nitrogen and oxygen atoms in total. The van der Waals surface area contributed by atoms with Crippen molar-refractivity contribution < 1.29 is 8.78 Å². The fourth-order valence-corrected chi connectivity index (χ4v) is 4.18. The van der Waals surface area contributed by atoms with Crippen molar-refractivity contribution in [2.45, 2.75) is 3.92 Å². The van der Waals surface area contributed by atoms with Crippen molar-refractivity contribution in [1.29, 1.82) is 0 Å². The zero-order chi connectivity index (χ0) is 15.3. The van der Waals surface area contributed by atoms with Crippen molar-refractivity contribution in [1.82, 2.24) is 0 Å². The number of alkyl halides is 1. The molecule has 3 aromatic rings. The van der Waals surface area contributed by atoms with Crippen LogP contribution in [0.15, 0.2) is 60.7 Å². The molecule has 1 unspecified atom stereocenters. The van der Waals surface area contributed by atoms with Gasteiger partial charge in [0.2, 0.25) is 0 Å². The molecule has 1 aliphatic carbocycles. The highest BCUT2D eigenvalue weighted by molar-refractivity contribution is 14.1. The number of hydrogen-bond donors (Lipinski definition) is 0. The van der Waals surface area contributed by atoms with Crippen molar-refractivity contribution in [3.8, 4) is 22.3 Å². The Labute approximate surface area is 140 Å². The van der Waals surface area contributed by atoms with E-state index in [9.17, 15) is 8.78 Å². The molecule has 0 N–H and O–H groups in total. The predicted molar refractivity (Wildman–Crippen MR) is 93.1 cm³/mol. The normalized spacial score (nSPS) is 15.5. The third-order valence-corrected chi connectivity index (χ3v) is 5.46. The Morgan fingerprint density at radius 2 is 1.32 bits per heavy atom. The van der Waals surface area contributed by atoms with Crippen LogP contribution in [0.25, 0.3) is 22.3 Å². The van der Waals surface area contributed by atoms with Crippen molar-refractivity contribution in [3.63, 3.8) is 0 Å². The van der Waals surface area contributed by atoms with E-state index >= 15 is 0 Å². The Balaban J connectivity index is 2.19. The summed E-state index contributed by atoms with van der Waals surface area (Å²) in [7, 11) is 0. The lowest BCUT2D eigenvalue weighted by molar-refractivity contribution is 0.510. The van der Waals surface area contributed by atoms with Crippen LogP contribution in [0.1, 0.15) is 15.1 Å². The third-order valence-electron chi connectivity index (χ3n) is 4.12. The molecular weight excluding hydrogens is 393 g/mol. The van der Waals surface area contributed by atoms with Gasteiger partial charge in [0.15, 0.2) is 11.6 Å². The quantitative estimate of drug-likeness (QED) is 0.312. The minimum absolute atomic E-state index is 0.0219. The Morgan fingerprint density at radius 1 is 0.682 bits per heavy atom. The summed E-state index contributed by atoms with van der Waals surface area (Å²) in [6.45, 7) is 0. The van der Waals surface area contributed by atoms with Crippen LogP contribution < -0.4 is 0 Å². The number of benzene rings is 3. The molecule has 0 heterocycles. The van der Waals surface area contributed by atoms with Gasteiger partial charge in [0.25, 0.3) is 0 Å². The van der Waals surface area contributed by atoms with E-state index in [-0.39, 0.29) is 3.92 Å². The van der Waals surface area contributed by atoms with Crippen LogP contribution in [0.3, 0.4) is 0 Å². The first-order valence-electron chi connectivity index (χ1n) is 6.99. The van der Waals surface area contributed by atoms with Crippen LogP contribution in [0.5, 0.6) is 0 Å². The number of fused-ring (bicyclic) bond motifs is 5. The second-order valence-electron chi connectivity index (χ2n) is 5.32. The van der Waals surface area contributed by atoms with Gasteiger partial charge in [-0.1, -0.05) is 77.2 Å². The summed E-state index contributed by atoms with van der Waals surface area (Å²) in [6.07, 6.45) is 0. The maximum absolute atomic E-state index is 14.6. The lowest BCUT2D eigenvalue weighted by Crippen LogP contribution is -1.98. The maximum atomic E-state index is 14.6. The lowest BCUT2D eigenvalue weighted by Gasteiger charge is -2.14. The molecule has 1 atom stereocenters. The molecule has 0 spiro atoms. The van der Waals surface area contributed by atoms with Crippen molar-refractivity contribution in [3.05, 3.63) is 83.4 Å². The first-order chi connectivity index (χ1) is 10.7. The number of hydrogen-bond acceptors (Lipinski definition) is 0. The fraction of sp³-hybridized carbons (Fsp3) is 0.0526. The van der Waals surface area contributed by atoms with Gasteiger partial charge in [0.05, 0.1) is 3.92 Å². The number of rotatable bonds is 0. The van der Waals surface area contributed by atoms with E-state index in [1.807, 2.05) is 42.5 Å². The van der Waals surface area contributed by atoms with E-state index in [4.69, 9.17) is 0 Å². The fourth-order valence-electron chi connectivity index (χ4n) is 3.12. The van der Waals surface area contributed by atoms with Gasteiger partial charge in [-0.05, 0) is 33.9 Å². The highest BCUT2D eigenvalue weighted by atomic mass is 127. The summed E-state index contributed by atoms with van der Waals surface area (Å²) < 4.78 is 28.4. The standard InChI is InChI=1S/C19H11F2I/c20-16-10-9-15-17(18(16)21)13-7-3-1-5-11(13)12-6-2-4-8-14(12)19(15)22/h1-10,19H. The van der Waals surface area contributed by atoms with Crippen LogP contribution in [0.4, 0.5) is 8.78 Å². The van der Waals surface area contributed by atoms with Gasteiger partial charge in [-0.15, -0.1) is 0 Å². The van der Waals surface area contributed by atoms with E-state index in [0.717, 1.165) is 27.8 Å². The van der Waals surface area contributed by atoms with Crippen molar-refractivity contribution in [2.24, 2.45) is 0 Å². The summed E-state index contributed by atoms with van der Waals surface area (Å²) in [5.74, 6) is -1.57. The Morgan fingerprint density at radius 3 is 2.09 bits per heavy atom. The van der Waals surface area contributed by atoms with Crippen LogP contribution in [-0.2, 0) is 0 Å². The highest BCUT2D eigenvalue weighted by Gasteiger charge is 2.28. The summed E-state index contributed by atoms with van der Waals surface area (Å²) in [4.78, 5) is 0. The minimum Gasteiger partial charge on any atom is -0.204 e. The van der Waals surface area contributed by atoms with Crippen LogP contribution in [0, 0.1) is 11.6 Å². The maximum Gasteiger partial charge on any atom is 0.166 e. The van der Waals surface area contributed by atoms with Gasteiger partial charge in [-0.25, -0.2) is 8.78 Å². The molecule has 0 bridgehead atoms. The molecule has 4 rings (SSSR count). The zero-order valence-corrected chi connectivity index (χ0v) is 13.6. The third kappa shape index (κ3) is 1.92. The monoisotopic (exact) mass is 404 g/mol. The summed E-state index contributed by atoms with van der Waals surface area (Å²) in [5.41, 5.74) is 5.10. The van der Waals surface area contributed by atoms with Crippen LogP contribution in [0.2, 0.25) is 0 Å². The first-order valence-corrected chi connectivity index (χ1v) is 8.23. The summed E-state index contributed by atoms with van der Waals surface area (Å²) in [5, 5.41) is 0. The Bertz CT molecular complexity index is 886. The molecule has 108 valence electrons. The minimum atomic E-state index is -0.803. The molecule has 3 heteroatoms. The molecule has 3 aromatic carbocycles. The molecule has 0 saturated carbocycles. The number of halogens is 3. The van der Waals surface area contributed by atoms with E-state index in [1.54, 1.807) is 6.07 Å². The Kier molecular flexibility index (Phi) is 3.26. The lowest BCUT2D eigenvalue weighted by atomic mass is 9.94. The van der Waals surface area contributed by atoms with Crippen LogP contribution >= 0.6 is 22.6 Å². The zero-order valence-electron chi connectivity index (χ0n) is 11.5. The molecule has 0 saturated heterocycles. The van der Waals surface area contributed by atoms with Crippen molar-refractivity contribution in [2.75, 3.05) is 0 Å². The molecular formula is C19H11F2I. The molecule has 0 aliphatic heterocycles. The van der Waals surface area contributed by atoms with Gasteiger partial charge in [-0.3, -0.25) is 0 Å². The topological polar surface area (TPSA) is 0 Å². The largest absolute Gasteiger partial charge is 0.204 e.